The number of benzene rings is 2. The molecule has 1 fully saturated rings. The van der Waals surface area contributed by atoms with Gasteiger partial charge in [-0.2, -0.15) is 0 Å². The molecule has 0 bridgehead atoms. The highest BCUT2D eigenvalue weighted by atomic mass is 16.6. The van der Waals surface area contributed by atoms with Crippen LogP contribution in [0.4, 0.5) is 4.79 Å². The standard InChI is InChI=1S/C22H22N2O5/c23-20(25)19-11-13(21(26)27)9-10-24(19)22(28)29-12-18-16-7-3-1-5-14(16)15-6-2-4-8-17(15)18/h1-8,13,18-19H,9-12H2,(H2,23,25)(H,26,27)/t13-,19+/m1/s1. The Morgan fingerprint density at radius 1 is 1.03 bits per heavy atom. The van der Waals surface area contributed by atoms with Gasteiger partial charge in [-0.25, -0.2) is 4.79 Å². The lowest BCUT2D eigenvalue weighted by Crippen LogP contribution is -2.53. The Labute approximate surface area is 168 Å². The molecule has 29 heavy (non-hydrogen) atoms. The van der Waals surface area contributed by atoms with Crippen LogP contribution < -0.4 is 5.73 Å². The van der Waals surface area contributed by atoms with Gasteiger partial charge in [-0.1, -0.05) is 48.5 Å². The number of piperidine rings is 1. The number of fused-ring (bicyclic) bond motifs is 3. The van der Waals surface area contributed by atoms with Crippen LogP contribution in [0.25, 0.3) is 11.1 Å². The van der Waals surface area contributed by atoms with Crippen molar-refractivity contribution in [3.63, 3.8) is 0 Å². The van der Waals surface area contributed by atoms with Crippen LogP contribution in [0.3, 0.4) is 0 Å². The maximum absolute atomic E-state index is 12.7. The number of ether oxygens (including phenoxy) is 1. The first-order valence-corrected chi connectivity index (χ1v) is 9.61. The summed E-state index contributed by atoms with van der Waals surface area (Å²) in [5, 5.41) is 9.21. The fourth-order valence-corrected chi connectivity index (χ4v) is 4.35. The second-order valence-corrected chi connectivity index (χ2v) is 7.48. The molecule has 1 heterocycles. The first-order valence-electron chi connectivity index (χ1n) is 9.61. The number of carboxylic acids is 1. The van der Waals surface area contributed by atoms with Gasteiger partial charge in [0.1, 0.15) is 12.6 Å². The van der Waals surface area contributed by atoms with Crippen molar-refractivity contribution in [3.8, 4) is 11.1 Å². The summed E-state index contributed by atoms with van der Waals surface area (Å²) in [5.41, 5.74) is 9.86. The molecule has 4 rings (SSSR count). The molecule has 2 amide bonds. The van der Waals surface area contributed by atoms with Gasteiger partial charge in [-0.05, 0) is 35.1 Å². The minimum Gasteiger partial charge on any atom is -0.481 e. The molecule has 0 saturated carbocycles. The Morgan fingerprint density at radius 3 is 2.17 bits per heavy atom. The Hall–Kier alpha value is -3.35. The Morgan fingerprint density at radius 2 is 1.62 bits per heavy atom. The van der Waals surface area contributed by atoms with Gasteiger partial charge in [-0.3, -0.25) is 14.5 Å². The van der Waals surface area contributed by atoms with Crippen molar-refractivity contribution in [2.24, 2.45) is 11.7 Å². The van der Waals surface area contributed by atoms with E-state index in [9.17, 15) is 19.5 Å². The Kier molecular flexibility index (Phi) is 4.96. The fraction of sp³-hybridized carbons (Fsp3) is 0.318. The van der Waals surface area contributed by atoms with Crippen LogP contribution in [0, 0.1) is 5.92 Å². The quantitative estimate of drug-likeness (QED) is 0.828. The van der Waals surface area contributed by atoms with Gasteiger partial charge in [0.05, 0.1) is 5.92 Å². The van der Waals surface area contributed by atoms with E-state index < -0.39 is 29.9 Å². The van der Waals surface area contributed by atoms with Crippen LogP contribution in [0.5, 0.6) is 0 Å². The van der Waals surface area contributed by atoms with Crippen LogP contribution >= 0.6 is 0 Å². The SMILES string of the molecule is NC(=O)[C@@H]1C[C@H](C(=O)O)CCN1C(=O)OCC1c2ccccc2-c2ccccc21. The number of nitrogens with two attached hydrogens (primary N) is 1. The summed E-state index contributed by atoms with van der Waals surface area (Å²) in [5.74, 6) is -2.48. The highest BCUT2D eigenvalue weighted by molar-refractivity contribution is 5.86. The molecule has 0 unspecified atom stereocenters. The fourth-order valence-electron chi connectivity index (χ4n) is 4.35. The molecule has 1 aliphatic carbocycles. The van der Waals surface area contributed by atoms with Gasteiger partial charge in [0.25, 0.3) is 0 Å². The molecule has 150 valence electrons. The molecule has 2 aliphatic rings. The summed E-state index contributed by atoms with van der Waals surface area (Å²) in [6.45, 7) is 0.262. The minimum absolute atomic E-state index is 0.00879. The van der Waals surface area contributed by atoms with Crippen molar-refractivity contribution in [2.75, 3.05) is 13.2 Å². The van der Waals surface area contributed by atoms with E-state index in [-0.39, 0.29) is 31.9 Å². The molecule has 0 spiro atoms. The molecular weight excluding hydrogens is 372 g/mol. The van der Waals surface area contributed by atoms with Crippen molar-refractivity contribution in [1.29, 1.82) is 0 Å². The van der Waals surface area contributed by atoms with Gasteiger partial charge >= 0.3 is 12.1 Å². The molecule has 0 radical (unpaired) electrons. The molecule has 0 aromatic heterocycles. The van der Waals surface area contributed by atoms with E-state index in [2.05, 4.69) is 12.1 Å². The maximum atomic E-state index is 12.7. The minimum atomic E-state index is -0.983. The summed E-state index contributed by atoms with van der Waals surface area (Å²) < 4.78 is 5.59. The van der Waals surface area contributed by atoms with Gasteiger partial charge in [0, 0.05) is 12.5 Å². The van der Waals surface area contributed by atoms with Crippen LogP contribution in [0.15, 0.2) is 48.5 Å². The number of carbonyl (C=O) groups excluding carboxylic acids is 2. The third-order valence-corrected chi connectivity index (χ3v) is 5.85. The summed E-state index contributed by atoms with van der Waals surface area (Å²) in [7, 11) is 0. The summed E-state index contributed by atoms with van der Waals surface area (Å²) >= 11 is 0. The lowest BCUT2D eigenvalue weighted by molar-refractivity contribution is -0.144. The highest BCUT2D eigenvalue weighted by Gasteiger charge is 2.39. The summed E-state index contributed by atoms with van der Waals surface area (Å²) in [4.78, 5) is 37.0. The lowest BCUT2D eigenvalue weighted by atomic mass is 9.91. The number of likely N-dealkylation sites (tertiary alicyclic amines) is 1. The van der Waals surface area contributed by atoms with Gasteiger partial charge in [0.2, 0.25) is 5.91 Å². The average molecular weight is 394 g/mol. The summed E-state index contributed by atoms with van der Waals surface area (Å²) in [6, 6.07) is 15.1. The number of carboxylic acid groups (broad SMARTS) is 1. The smallest absolute Gasteiger partial charge is 0.410 e. The number of hydrogen-bond donors (Lipinski definition) is 2. The van der Waals surface area contributed by atoms with E-state index in [1.807, 2.05) is 36.4 Å². The lowest BCUT2D eigenvalue weighted by Gasteiger charge is -2.35. The molecule has 1 saturated heterocycles. The van der Waals surface area contributed by atoms with Crippen LogP contribution in [0.1, 0.15) is 29.9 Å². The molecule has 7 heteroatoms. The number of nitrogens with zero attached hydrogens (tertiary/aromatic N) is 1. The monoisotopic (exact) mass is 394 g/mol. The van der Waals surface area contributed by atoms with Gasteiger partial charge in [-0.15, -0.1) is 0 Å². The predicted octanol–water partition coefficient (Wildman–Crippen LogP) is 2.59. The molecule has 1 aliphatic heterocycles. The zero-order valence-electron chi connectivity index (χ0n) is 15.8. The predicted molar refractivity (Wildman–Crippen MR) is 105 cm³/mol. The van der Waals surface area contributed by atoms with E-state index in [1.54, 1.807) is 0 Å². The van der Waals surface area contributed by atoms with Crippen molar-refractivity contribution in [2.45, 2.75) is 24.8 Å². The second-order valence-electron chi connectivity index (χ2n) is 7.48. The van der Waals surface area contributed by atoms with Gasteiger partial charge in [0.15, 0.2) is 0 Å². The van der Waals surface area contributed by atoms with E-state index in [1.165, 1.54) is 4.90 Å². The van der Waals surface area contributed by atoms with Crippen molar-refractivity contribution in [1.82, 2.24) is 4.90 Å². The number of hydrogen-bond acceptors (Lipinski definition) is 4. The molecular formula is C22H22N2O5. The normalized spacial score (nSPS) is 20.6. The van der Waals surface area contributed by atoms with Gasteiger partial charge < -0.3 is 15.6 Å². The molecule has 7 nitrogen and oxygen atoms in total. The first kappa shape index (κ1) is 19.0. The largest absolute Gasteiger partial charge is 0.481 e. The zero-order valence-corrected chi connectivity index (χ0v) is 15.8. The maximum Gasteiger partial charge on any atom is 0.410 e. The van der Waals surface area contributed by atoms with Crippen molar-refractivity contribution in [3.05, 3.63) is 59.7 Å². The van der Waals surface area contributed by atoms with Crippen LogP contribution in [0.2, 0.25) is 0 Å². The zero-order chi connectivity index (χ0) is 20.5. The first-order chi connectivity index (χ1) is 14.0. The van der Waals surface area contributed by atoms with Crippen LogP contribution in [-0.4, -0.2) is 47.2 Å². The third-order valence-electron chi connectivity index (χ3n) is 5.85. The second kappa shape index (κ2) is 7.58. The molecule has 3 N–H and O–H groups in total. The number of primary amides is 1. The highest BCUT2D eigenvalue weighted by Crippen LogP contribution is 2.44. The van der Waals surface area contributed by atoms with E-state index >= 15 is 0 Å². The molecule has 2 aromatic rings. The number of carbonyl (C=O) groups is 3. The van der Waals surface area contributed by atoms with E-state index in [0.29, 0.717) is 0 Å². The Balaban J connectivity index is 1.50. The van der Waals surface area contributed by atoms with E-state index in [0.717, 1.165) is 22.3 Å². The number of aliphatic carboxylic acids is 1. The van der Waals surface area contributed by atoms with E-state index in [4.69, 9.17) is 10.5 Å². The average Bonchev–Trinajstić information content (AvgIpc) is 3.05. The van der Waals surface area contributed by atoms with Crippen molar-refractivity contribution >= 4 is 18.0 Å². The molecule has 2 atom stereocenters. The molecule has 2 aromatic carbocycles. The van der Waals surface area contributed by atoms with Crippen LogP contribution in [-0.2, 0) is 14.3 Å². The van der Waals surface area contributed by atoms with Crippen molar-refractivity contribution < 1.29 is 24.2 Å². The Bertz CT molecular complexity index is 928. The number of rotatable bonds is 4. The topological polar surface area (TPSA) is 110 Å². The number of amides is 2. The third kappa shape index (κ3) is 3.44. The summed E-state index contributed by atoms with van der Waals surface area (Å²) in [6.07, 6.45) is -0.363.